The highest BCUT2D eigenvalue weighted by Crippen LogP contribution is 2.09. The van der Waals surface area contributed by atoms with Crippen LogP contribution < -0.4 is 5.32 Å². The highest BCUT2D eigenvalue weighted by Gasteiger charge is 2.08. The number of carbonyl (C=O) groups excluding carboxylic acids is 1. The van der Waals surface area contributed by atoms with Gasteiger partial charge in [0.1, 0.15) is 5.69 Å². The van der Waals surface area contributed by atoms with E-state index in [9.17, 15) is 4.79 Å². The first-order valence-corrected chi connectivity index (χ1v) is 5.95. The Hall–Kier alpha value is -2.69. The molecule has 0 aliphatic carbocycles. The smallest absolute Gasteiger partial charge is 0.270 e. The lowest BCUT2D eigenvalue weighted by molar-refractivity contribution is 0.0946. The van der Waals surface area contributed by atoms with Gasteiger partial charge in [0, 0.05) is 24.5 Å². The molecule has 0 unspecified atom stereocenters. The van der Waals surface area contributed by atoms with Crippen molar-refractivity contribution in [2.45, 2.75) is 6.54 Å². The number of amides is 1. The number of pyridine rings is 2. The molecule has 1 amide bonds. The van der Waals surface area contributed by atoms with E-state index >= 15 is 0 Å². The number of nitrogens with zero attached hydrogens (tertiary/aromatic N) is 3. The van der Waals surface area contributed by atoms with Gasteiger partial charge in [-0.25, -0.2) is 4.52 Å². The summed E-state index contributed by atoms with van der Waals surface area (Å²) in [6, 6.07) is 11.1. The quantitative estimate of drug-likeness (QED) is 0.771. The SMILES string of the molecule is O=C(NCc1cnn2ccccc12)c1ccccn1. The van der Waals surface area contributed by atoms with Gasteiger partial charge in [0.2, 0.25) is 0 Å². The van der Waals surface area contributed by atoms with E-state index in [0.717, 1.165) is 11.1 Å². The minimum atomic E-state index is -0.184. The molecule has 0 saturated carbocycles. The number of nitrogens with one attached hydrogen (secondary N) is 1. The largest absolute Gasteiger partial charge is 0.346 e. The maximum Gasteiger partial charge on any atom is 0.270 e. The van der Waals surface area contributed by atoms with E-state index < -0.39 is 0 Å². The van der Waals surface area contributed by atoms with Crippen LogP contribution in [0.25, 0.3) is 5.52 Å². The van der Waals surface area contributed by atoms with Crippen LogP contribution >= 0.6 is 0 Å². The molecule has 0 saturated heterocycles. The maximum absolute atomic E-state index is 11.9. The predicted octanol–water partition coefficient (Wildman–Crippen LogP) is 1.66. The van der Waals surface area contributed by atoms with E-state index in [2.05, 4.69) is 15.4 Å². The summed E-state index contributed by atoms with van der Waals surface area (Å²) in [5, 5.41) is 7.06. The molecular formula is C14H12N4O. The first-order valence-electron chi connectivity index (χ1n) is 5.95. The molecule has 3 rings (SSSR count). The Morgan fingerprint density at radius 1 is 1.21 bits per heavy atom. The minimum absolute atomic E-state index is 0.184. The lowest BCUT2D eigenvalue weighted by Crippen LogP contribution is -2.23. The third kappa shape index (κ3) is 2.30. The van der Waals surface area contributed by atoms with E-state index in [4.69, 9.17) is 0 Å². The van der Waals surface area contributed by atoms with Crippen molar-refractivity contribution in [3.8, 4) is 0 Å². The fraction of sp³-hybridized carbons (Fsp3) is 0.0714. The van der Waals surface area contributed by atoms with Crippen LogP contribution in [0, 0.1) is 0 Å². The Bertz CT molecular complexity index is 706. The molecule has 0 aromatic carbocycles. The van der Waals surface area contributed by atoms with Gasteiger partial charge in [-0.2, -0.15) is 5.10 Å². The lowest BCUT2D eigenvalue weighted by atomic mass is 10.2. The van der Waals surface area contributed by atoms with Gasteiger partial charge in [0.25, 0.3) is 5.91 Å². The van der Waals surface area contributed by atoms with Crippen molar-refractivity contribution in [3.63, 3.8) is 0 Å². The summed E-state index contributed by atoms with van der Waals surface area (Å²) in [4.78, 5) is 15.9. The molecule has 3 aromatic rings. The molecule has 0 aliphatic rings. The summed E-state index contributed by atoms with van der Waals surface area (Å²) in [6.45, 7) is 0.433. The number of rotatable bonds is 3. The summed E-state index contributed by atoms with van der Waals surface area (Å²) in [5.74, 6) is -0.184. The topological polar surface area (TPSA) is 59.3 Å². The fourth-order valence-electron chi connectivity index (χ4n) is 1.89. The number of hydrogen-bond donors (Lipinski definition) is 1. The van der Waals surface area contributed by atoms with E-state index in [1.165, 1.54) is 0 Å². The van der Waals surface area contributed by atoms with Gasteiger partial charge in [-0.05, 0) is 24.3 Å². The van der Waals surface area contributed by atoms with Crippen LogP contribution in [-0.4, -0.2) is 20.5 Å². The highest BCUT2D eigenvalue weighted by molar-refractivity contribution is 5.92. The average Bonchev–Trinajstić information content (AvgIpc) is 2.89. The van der Waals surface area contributed by atoms with E-state index in [1.807, 2.05) is 24.4 Å². The molecule has 5 heteroatoms. The molecule has 94 valence electrons. The second kappa shape index (κ2) is 4.89. The predicted molar refractivity (Wildman–Crippen MR) is 70.6 cm³/mol. The second-order valence-corrected chi connectivity index (χ2v) is 4.10. The van der Waals surface area contributed by atoms with Crippen LogP contribution in [0.1, 0.15) is 16.1 Å². The molecule has 3 aromatic heterocycles. The summed E-state index contributed by atoms with van der Waals surface area (Å²) in [6.07, 6.45) is 5.23. The minimum Gasteiger partial charge on any atom is -0.346 e. The van der Waals surface area contributed by atoms with Gasteiger partial charge in [-0.15, -0.1) is 0 Å². The van der Waals surface area contributed by atoms with Crippen molar-refractivity contribution in [3.05, 3.63) is 66.2 Å². The van der Waals surface area contributed by atoms with Gasteiger partial charge in [-0.3, -0.25) is 9.78 Å². The Kier molecular flexibility index (Phi) is 2.94. The van der Waals surface area contributed by atoms with Gasteiger partial charge < -0.3 is 5.32 Å². The summed E-state index contributed by atoms with van der Waals surface area (Å²) < 4.78 is 1.78. The highest BCUT2D eigenvalue weighted by atomic mass is 16.1. The Morgan fingerprint density at radius 3 is 2.95 bits per heavy atom. The van der Waals surface area contributed by atoms with Crippen molar-refractivity contribution < 1.29 is 4.79 Å². The van der Waals surface area contributed by atoms with Crippen molar-refractivity contribution in [1.29, 1.82) is 0 Å². The number of fused-ring (bicyclic) bond motifs is 1. The van der Waals surface area contributed by atoms with Crippen LogP contribution in [0.15, 0.2) is 55.0 Å². The van der Waals surface area contributed by atoms with E-state index in [-0.39, 0.29) is 5.91 Å². The summed E-state index contributed by atoms with van der Waals surface area (Å²) in [5.41, 5.74) is 2.38. The molecule has 3 heterocycles. The van der Waals surface area contributed by atoms with Gasteiger partial charge in [0.05, 0.1) is 11.7 Å². The van der Waals surface area contributed by atoms with Crippen molar-refractivity contribution in [2.75, 3.05) is 0 Å². The van der Waals surface area contributed by atoms with Crippen molar-refractivity contribution in [2.24, 2.45) is 0 Å². The first-order chi connectivity index (χ1) is 9.34. The molecular weight excluding hydrogens is 240 g/mol. The van der Waals surface area contributed by atoms with Gasteiger partial charge in [0.15, 0.2) is 0 Å². The third-order valence-corrected chi connectivity index (χ3v) is 2.84. The molecule has 0 radical (unpaired) electrons. The zero-order valence-corrected chi connectivity index (χ0v) is 10.2. The zero-order chi connectivity index (χ0) is 13.1. The maximum atomic E-state index is 11.9. The molecule has 0 aliphatic heterocycles. The molecule has 0 fully saturated rings. The van der Waals surface area contributed by atoms with E-state index in [0.29, 0.717) is 12.2 Å². The summed E-state index contributed by atoms with van der Waals surface area (Å²) in [7, 11) is 0. The Balaban J connectivity index is 1.75. The monoisotopic (exact) mass is 252 g/mol. The first kappa shape index (κ1) is 11.4. The van der Waals surface area contributed by atoms with Crippen molar-refractivity contribution in [1.82, 2.24) is 19.9 Å². The Morgan fingerprint density at radius 2 is 2.11 bits per heavy atom. The van der Waals surface area contributed by atoms with Crippen LogP contribution in [0.4, 0.5) is 0 Å². The third-order valence-electron chi connectivity index (χ3n) is 2.84. The summed E-state index contributed by atoms with van der Waals surface area (Å²) >= 11 is 0. The zero-order valence-electron chi connectivity index (χ0n) is 10.2. The van der Waals surface area contributed by atoms with Crippen LogP contribution in [0.3, 0.4) is 0 Å². The van der Waals surface area contributed by atoms with Gasteiger partial charge in [-0.1, -0.05) is 12.1 Å². The van der Waals surface area contributed by atoms with Crippen LogP contribution in [-0.2, 0) is 6.54 Å². The number of aromatic nitrogens is 3. The molecule has 0 bridgehead atoms. The lowest BCUT2D eigenvalue weighted by Gasteiger charge is -2.03. The molecule has 0 spiro atoms. The Labute approximate surface area is 109 Å². The average molecular weight is 252 g/mol. The number of carbonyl (C=O) groups is 1. The molecule has 0 atom stereocenters. The van der Waals surface area contributed by atoms with Crippen molar-refractivity contribution >= 4 is 11.4 Å². The normalized spacial score (nSPS) is 10.5. The van der Waals surface area contributed by atoms with Gasteiger partial charge >= 0.3 is 0 Å². The standard InChI is InChI=1S/C14H12N4O/c19-14(12-5-1-3-7-15-12)16-9-11-10-17-18-8-4-2-6-13(11)18/h1-8,10H,9H2,(H,16,19). The van der Waals surface area contributed by atoms with E-state index in [1.54, 1.807) is 35.1 Å². The van der Waals surface area contributed by atoms with Crippen LogP contribution in [0.2, 0.25) is 0 Å². The second-order valence-electron chi connectivity index (χ2n) is 4.10. The molecule has 19 heavy (non-hydrogen) atoms. The number of hydrogen-bond acceptors (Lipinski definition) is 3. The molecule has 1 N–H and O–H groups in total. The molecule has 5 nitrogen and oxygen atoms in total. The fourth-order valence-corrected chi connectivity index (χ4v) is 1.89. The van der Waals surface area contributed by atoms with Crippen LogP contribution in [0.5, 0.6) is 0 Å².